The molecule has 0 heterocycles. The number of carbonyl (C=O) groups is 2. The van der Waals surface area contributed by atoms with Gasteiger partial charge >= 0.3 is 24.0 Å². The average molecular weight is 661 g/mol. The van der Waals surface area contributed by atoms with E-state index < -0.39 is 24.0 Å². The van der Waals surface area contributed by atoms with Gasteiger partial charge in [0.05, 0.1) is 13.2 Å². The molecule has 0 aromatic heterocycles. The van der Waals surface area contributed by atoms with Crippen molar-refractivity contribution in [1.29, 1.82) is 0 Å². The van der Waals surface area contributed by atoms with Gasteiger partial charge in [-0.25, -0.2) is 9.59 Å². The second-order valence-corrected chi connectivity index (χ2v) is 10.4. The van der Waals surface area contributed by atoms with Crippen LogP contribution in [0.3, 0.4) is 0 Å². The minimum absolute atomic E-state index is 0.0621. The maximum Gasteiger partial charge on any atom is 0.350 e. The highest BCUT2D eigenvalue weighted by molar-refractivity contribution is 5.81. The summed E-state index contributed by atoms with van der Waals surface area (Å²) in [7, 11) is 0. The summed E-state index contributed by atoms with van der Waals surface area (Å²) in [6.07, 6.45) is 6.00. The lowest BCUT2D eigenvalue weighted by molar-refractivity contribution is -0.138. The lowest BCUT2D eigenvalue weighted by Crippen LogP contribution is -2.26. The highest BCUT2D eigenvalue weighted by atomic mass is 19.3. The van der Waals surface area contributed by atoms with E-state index in [1.54, 1.807) is 0 Å². The van der Waals surface area contributed by atoms with Gasteiger partial charge in [-0.3, -0.25) is 0 Å². The summed E-state index contributed by atoms with van der Waals surface area (Å²) in [4.78, 5) is 22.0. The summed E-state index contributed by atoms with van der Waals surface area (Å²) < 4.78 is 70.1. The first kappa shape index (κ1) is 37.0. The Morgan fingerprint density at radius 2 is 1.04 bits per heavy atom. The third-order valence-corrected chi connectivity index (χ3v) is 6.64. The molecule has 0 atom stereocenters. The van der Waals surface area contributed by atoms with Crippen LogP contribution in [0.1, 0.15) is 60.8 Å². The van der Waals surface area contributed by atoms with E-state index in [0.29, 0.717) is 49.7 Å². The molecule has 0 saturated carbocycles. The quantitative estimate of drug-likeness (QED) is 0.0401. The number of carbonyl (C=O) groups excluding carboxylic acids is 2. The van der Waals surface area contributed by atoms with Crippen LogP contribution in [0.5, 0.6) is 0 Å². The molecule has 10 heteroatoms. The van der Waals surface area contributed by atoms with Crippen LogP contribution >= 0.6 is 0 Å². The first-order valence-electron chi connectivity index (χ1n) is 15.2. The van der Waals surface area contributed by atoms with Crippen LogP contribution in [-0.2, 0) is 31.2 Å². The molecule has 0 fully saturated rings. The Labute approximate surface area is 278 Å². The van der Waals surface area contributed by atoms with Crippen LogP contribution in [0.15, 0.2) is 98.1 Å². The van der Waals surface area contributed by atoms with Gasteiger partial charge in [-0.05, 0) is 92.4 Å². The molecule has 0 spiro atoms. The third kappa shape index (κ3) is 12.7. The van der Waals surface area contributed by atoms with Crippen molar-refractivity contribution >= 4 is 23.3 Å². The number of alkyl halides is 4. The van der Waals surface area contributed by atoms with Crippen LogP contribution in [0.4, 0.5) is 28.9 Å². The molecule has 0 aliphatic carbocycles. The molecule has 0 aliphatic heterocycles. The summed E-state index contributed by atoms with van der Waals surface area (Å²) in [6, 6.07) is 9.21. The summed E-state index contributed by atoms with van der Waals surface area (Å²) in [5, 5.41) is 4.23. The molecule has 3 aromatic rings. The van der Waals surface area contributed by atoms with Crippen LogP contribution < -0.4 is 10.6 Å². The van der Waals surface area contributed by atoms with Crippen molar-refractivity contribution in [1.82, 2.24) is 0 Å². The standard InChI is InChI=1S/C38H36F4N2O4/c1-3-35(45)47-26-11-7-5-9-14-29-18-22-31(23-19-29)37(39,40)43-33-16-13-17-34(28-33)44-38(41,42)32-24-20-30(21-25-32)15-10-6-8-12-27-48-36(46)4-2/h3-4,13,16-25,28,43-44H,1-2,5-8,11-12,26-27H2. The molecule has 0 radical (unpaired) electrons. The third-order valence-electron chi connectivity index (χ3n) is 6.64. The SMILES string of the molecule is C=CC(=O)OCCCCC#Cc1ccc(C(F)(F)Nc2cccc(NC(F)(F)c3ccc(C#CCCCCOC(=O)C=C)cc3)c2)cc1. The Morgan fingerprint density at radius 1 is 0.646 bits per heavy atom. The molecular formula is C38H36F4N2O4. The van der Waals surface area contributed by atoms with Crippen molar-refractivity contribution in [2.24, 2.45) is 0 Å². The molecule has 0 bridgehead atoms. The summed E-state index contributed by atoms with van der Waals surface area (Å²) >= 11 is 0. The minimum Gasteiger partial charge on any atom is -0.463 e. The van der Waals surface area contributed by atoms with E-state index in [9.17, 15) is 9.59 Å². The molecule has 6 nitrogen and oxygen atoms in total. The number of benzene rings is 3. The Bertz CT molecular complexity index is 1540. The van der Waals surface area contributed by atoms with E-state index in [1.807, 2.05) is 0 Å². The lowest BCUT2D eigenvalue weighted by atomic mass is 10.1. The number of esters is 2. The number of rotatable bonds is 16. The monoisotopic (exact) mass is 660 g/mol. The smallest absolute Gasteiger partial charge is 0.350 e. The largest absolute Gasteiger partial charge is 0.463 e. The fraction of sp³-hybridized carbons (Fsp3) is 0.263. The first-order chi connectivity index (χ1) is 23.0. The number of hydrogen-bond donors (Lipinski definition) is 2. The molecule has 48 heavy (non-hydrogen) atoms. The molecule has 0 aliphatic rings. The molecular weight excluding hydrogens is 624 g/mol. The van der Waals surface area contributed by atoms with Gasteiger partial charge in [-0.1, -0.05) is 42.9 Å². The molecule has 3 aromatic carbocycles. The van der Waals surface area contributed by atoms with E-state index in [0.717, 1.165) is 12.2 Å². The molecule has 250 valence electrons. The van der Waals surface area contributed by atoms with Crippen molar-refractivity contribution in [2.45, 2.75) is 50.6 Å². The van der Waals surface area contributed by atoms with E-state index >= 15 is 17.6 Å². The highest BCUT2D eigenvalue weighted by Gasteiger charge is 2.33. The predicted molar refractivity (Wildman–Crippen MR) is 178 cm³/mol. The summed E-state index contributed by atoms with van der Waals surface area (Å²) in [5.41, 5.74) is 0.348. The van der Waals surface area contributed by atoms with Crippen molar-refractivity contribution in [3.05, 3.63) is 120 Å². The number of halogens is 4. The first-order valence-corrected chi connectivity index (χ1v) is 15.2. The minimum atomic E-state index is -3.49. The zero-order chi connectivity index (χ0) is 34.8. The zero-order valence-electron chi connectivity index (χ0n) is 26.3. The number of hydrogen-bond acceptors (Lipinski definition) is 6. The lowest BCUT2D eigenvalue weighted by Gasteiger charge is -2.22. The van der Waals surface area contributed by atoms with E-state index in [-0.39, 0.29) is 35.7 Å². The maximum atomic E-state index is 15.1. The number of anilines is 2. The van der Waals surface area contributed by atoms with Crippen LogP contribution in [-0.4, -0.2) is 25.2 Å². The number of unbranched alkanes of at least 4 members (excludes halogenated alkanes) is 4. The van der Waals surface area contributed by atoms with Gasteiger partial charge in [0.1, 0.15) is 0 Å². The normalized spacial score (nSPS) is 10.8. The van der Waals surface area contributed by atoms with Gasteiger partial charge in [-0.15, -0.1) is 0 Å². The van der Waals surface area contributed by atoms with Crippen LogP contribution in [0.2, 0.25) is 0 Å². The zero-order valence-corrected chi connectivity index (χ0v) is 26.3. The number of nitrogens with one attached hydrogen (secondary N) is 2. The second kappa shape index (κ2) is 18.6. The highest BCUT2D eigenvalue weighted by Crippen LogP contribution is 2.33. The van der Waals surface area contributed by atoms with Crippen LogP contribution in [0, 0.1) is 23.7 Å². The molecule has 0 amide bonds. The topological polar surface area (TPSA) is 76.7 Å². The van der Waals surface area contributed by atoms with E-state index in [2.05, 4.69) is 47.5 Å². The Balaban J connectivity index is 1.52. The van der Waals surface area contributed by atoms with Crippen molar-refractivity contribution in [3.8, 4) is 23.7 Å². The Kier molecular flexibility index (Phi) is 14.3. The van der Waals surface area contributed by atoms with Crippen molar-refractivity contribution < 1.29 is 36.6 Å². The van der Waals surface area contributed by atoms with Gasteiger partial charge in [0.25, 0.3) is 0 Å². The molecule has 0 unspecified atom stereocenters. The fourth-order valence-corrected chi connectivity index (χ4v) is 4.13. The molecule has 3 rings (SSSR count). The van der Waals surface area contributed by atoms with Gasteiger partial charge in [0.2, 0.25) is 0 Å². The number of ether oxygens (including phenoxy) is 2. The molecule has 0 saturated heterocycles. The average Bonchev–Trinajstić information content (AvgIpc) is 3.07. The van der Waals surface area contributed by atoms with Crippen molar-refractivity contribution in [3.63, 3.8) is 0 Å². The predicted octanol–water partition coefficient (Wildman–Crippen LogP) is 8.51. The van der Waals surface area contributed by atoms with E-state index in [1.165, 1.54) is 72.8 Å². The van der Waals surface area contributed by atoms with Crippen molar-refractivity contribution in [2.75, 3.05) is 23.8 Å². The van der Waals surface area contributed by atoms with E-state index in [4.69, 9.17) is 9.47 Å². The second-order valence-electron chi connectivity index (χ2n) is 10.4. The summed E-state index contributed by atoms with van der Waals surface area (Å²) in [5.74, 6) is 10.8. The Morgan fingerprint density at radius 3 is 1.42 bits per heavy atom. The maximum absolute atomic E-state index is 15.1. The fourth-order valence-electron chi connectivity index (χ4n) is 4.13. The van der Waals surface area contributed by atoms with Gasteiger partial charge in [0.15, 0.2) is 0 Å². The van der Waals surface area contributed by atoms with Gasteiger partial charge < -0.3 is 20.1 Å². The van der Waals surface area contributed by atoms with Crippen LogP contribution in [0.25, 0.3) is 0 Å². The summed E-state index contributed by atoms with van der Waals surface area (Å²) in [6.45, 7) is 7.19. The van der Waals surface area contributed by atoms with Gasteiger partial charge in [-0.2, -0.15) is 17.6 Å². The molecule has 2 N–H and O–H groups in total. The van der Waals surface area contributed by atoms with Gasteiger partial charge in [0, 0.05) is 58.6 Å². The Hall–Kier alpha value is -5.48.